The highest BCUT2D eigenvalue weighted by atomic mass is 79.9. The fourth-order valence-electron chi connectivity index (χ4n) is 2.24. The minimum absolute atomic E-state index is 0.0553. The fourth-order valence-corrected chi connectivity index (χ4v) is 4.30. The molecule has 2 aromatic carbocycles. The predicted octanol–water partition coefficient (Wildman–Crippen LogP) is 3.39. The third kappa shape index (κ3) is 2.82. The van der Waals surface area contributed by atoms with E-state index in [9.17, 15) is 17.6 Å². The van der Waals surface area contributed by atoms with E-state index in [4.69, 9.17) is 11.6 Å². The van der Waals surface area contributed by atoms with Crippen LogP contribution in [0.5, 0.6) is 0 Å². The van der Waals surface area contributed by atoms with Gasteiger partial charge in [-0.1, -0.05) is 23.7 Å². The summed E-state index contributed by atoms with van der Waals surface area (Å²) >= 11 is 8.92. The maximum Gasteiger partial charge on any atom is 0.267 e. The Balaban J connectivity index is 2.18. The summed E-state index contributed by atoms with van der Waals surface area (Å²) in [5.41, 5.74) is 0.612. The van der Waals surface area contributed by atoms with E-state index >= 15 is 0 Å². The normalized spacial score (nSPS) is 14.4. The summed E-state index contributed by atoms with van der Waals surface area (Å²) in [6.07, 6.45) is 0. The summed E-state index contributed by atoms with van der Waals surface area (Å²) in [6.45, 7) is -0.438. The molecule has 23 heavy (non-hydrogen) atoms. The quantitative estimate of drug-likeness (QED) is 0.759. The van der Waals surface area contributed by atoms with Crippen molar-refractivity contribution in [3.8, 4) is 0 Å². The maximum absolute atomic E-state index is 14.2. The Morgan fingerprint density at radius 3 is 2.70 bits per heavy atom. The first-order valence-electron chi connectivity index (χ1n) is 6.37. The third-order valence-corrected chi connectivity index (χ3v) is 6.25. The molecule has 0 atom stereocenters. The molecule has 1 amide bonds. The molecule has 3 rings (SSSR count). The molecule has 0 radical (unpaired) electrons. The highest BCUT2D eigenvalue weighted by molar-refractivity contribution is 9.10. The van der Waals surface area contributed by atoms with Crippen LogP contribution >= 0.6 is 27.5 Å². The van der Waals surface area contributed by atoms with Crippen LogP contribution in [0.25, 0.3) is 0 Å². The SMILES string of the molecule is O=C1CN(S(=O)(=O)c2cc(Cl)c(Br)cc2F)c2ccccc2N1. The molecular formula is C14H9BrClFN2O3S. The van der Waals surface area contributed by atoms with Gasteiger partial charge in [0.2, 0.25) is 5.91 Å². The first kappa shape index (κ1) is 16.2. The molecule has 0 fully saturated rings. The van der Waals surface area contributed by atoms with E-state index in [2.05, 4.69) is 21.2 Å². The molecule has 0 aromatic heterocycles. The summed E-state index contributed by atoms with van der Waals surface area (Å²) in [5.74, 6) is -1.46. The number of rotatable bonds is 2. The molecule has 0 spiro atoms. The second-order valence-corrected chi connectivity index (χ2v) is 7.87. The van der Waals surface area contributed by atoms with E-state index in [0.717, 1.165) is 16.4 Å². The molecule has 0 aliphatic carbocycles. The molecule has 120 valence electrons. The van der Waals surface area contributed by atoms with Gasteiger partial charge in [0.25, 0.3) is 10.0 Å². The molecule has 2 aromatic rings. The van der Waals surface area contributed by atoms with E-state index in [1.54, 1.807) is 18.2 Å². The van der Waals surface area contributed by atoms with Gasteiger partial charge in [-0.25, -0.2) is 12.8 Å². The van der Waals surface area contributed by atoms with Crippen LogP contribution in [0, 0.1) is 5.82 Å². The lowest BCUT2D eigenvalue weighted by Gasteiger charge is -2.30. The molecule has 9 heteroatoms. The minimum atomic E-state index is -4.29. The van der Waals surface area contributed by atoms with Gasteiger partial charge in [0.05, 0.1) is 16.4 Å². The van der Waals surface area contributed by atoms with Crippen molar-refractivity contribution in [2.45, 2.75) is 4.90 Å². The maximum atomic E-state index is 14.2. The molecule has 0 unspecified atom stereocenters. The van der Waals surface area contributed by atoms with Gasteiger partial charge in [-0.05, 0) is 40.2 Å². The zero-order chi connectivity index (χ0) is 16.8. The smallest absolute Gasteiger partial charge is 0.267 e. The number of nitrogens with zero attached hydrogens (tertiary/aromatic N) is 1. The Hall–Kier alpha value is -1.64. The Bertz CT molecular complexity index is 920. The van der Waals surface area contributed by atoms with E-state index in [1.165, 1.54) is 6.07 Å². The zero-order valence-corrected chi connectivity index (χ0v) is 14.5. The standard InChI is InChI=1S/C14H9BrClFN2O3S/c15-8-5-10(17)13(6-9(8)16)23(21,22)19-7-14(20)18-11-3-1-2-4-12(11)19/h1-6H,7H2,(H,18,20). The van der Waals surface area contributed by atoms with Crippen LogP contribution in [0.15, 0.2) is 45.8 Å². The van der Waals surface area contributed by atoms with E-state index in [-0.39, 0.29) is 15.2 Å². The first-order chi connectivity index (χ1) is 10.8. The molecule has 0 bridgehead atoms. The monoisotopic (exact) mass is 418 g/mol. The molecule has 1 N–H and O–H groups in total. The fraction of sp³-hybridized carbons (Fsp3) is 0.0714. The third-order valence-electron chi connectivity index (χ3n) is 3.28. The van der Waals surface area contributed by atoms with Crippen LogP contribution in [0.4, 0.5) is 15.8 Å². The summed E-state index contributed by atoms with van der Waals surface area (Å²) in [7, 11) is -4.29. The number of hydrogen-bond donors (Lipinski definition) is 1. The molecule has 0 saturated heterocycles. The largest absolute Gasteiger partial charge is 0.323 e. The van der Waals surface area contributed by atoms with Gasteiger partial charge in [0.15, 0.2) is 0 Å². The number of carbonyl (C=O) groups is 1. The summed E-state index contributed by atoms with van der Waals surface area (Å²) < 4.78 is 40.9. The first-order valence-corrected chi connectivity index (χ1v) is 8.98. The van der Waals surface area contributed by atoms with Crippen LogP contribution in [0.1, 0.15) is 0 Å². The van der Waals surface area contributed by atoms with E-state index in [0.29, 0.717) is 5.69 Å². The van der Waals surface area contributed by atoms with Gasteiger partial charge in [-0.15, -0.1) is 0 Å². The number of para-hydroxylation sites is 2. The van der Waals surface area contributed by atoms with Crippen molar-refractivity contribution in [1.29, 1.82) is 0 Å². The van der Waals surface area contributed by atoms with Crippen LogP contribution in [-0.4, -0.2) is 20.9 Å². The average Bonchev–Trinajstić information content (AvgIpc) is 2.49. The zero-order valence-electron chi connectivity index (χ0n) is 11.4. The van der Waals surface area contributed by atoms with Crippen LogP contribution in [0.3, 0.4) is 0 Å². The number of hydrogen-bond acceptors (Lipinski definition) is 3. The summed E-state index contributed by atoms with van der Waals surface area (Å²) in [6, 6.07) is 8.39. The van der Waals surface area contributed by atoms with Crippen LogP contribution < -0.4 is 9.62 Å². The second kappa shape index (κ2) is 5.77. The van der Waals surface area contributed by atoms with Gasteiger partial charge in [-0.2, -0.15) is 0 Å². The van der Waals surface area contributed by atoms with E-state index < -0.39 is 33.2 Å². The molecule has 0 saturated carbocycles. The van der Waals surface area contributed by atoms with Crippen molar-refractivity contribution in [2.75, 3.05) is 16.2 Å². The predicted molar refractivity (Wildman–Crippen MR) is 88.7 cm³/mol. The number of anilines is 2. The van der Waals surface area contributed by atoms with Crippen LogP contribution in [0.2, 0.25) is 5.02 Å². The Morgan fingerprint density at radius 2 is 1.96 bits per heavy atom. The van der Waals surface area contributed by atoms with E-state index in [1.807, 2.05) is 0 Å². The van der Waals surface area contributed by atoms with Gasteiger partial charge >= 0.3 is 0 Å². The van der Waals surface area contributed by atoms with Gasteiger partial charge in [0, 0.05) is 4.47 Å². The minimum Gasteiger partial charge on any atom is -0.323 e. The number of halogens is 3. The summed E-state index contributed by atoms with van der Waals surface area (Å²) in [5, 5.41) is 2.63. The van der Waals surface area contributed by atoms with Crippen molar-refractivity contribution in [3.05, 3.63) is 51.7 Å². The topological polar surface area (TPSA) is 66.5 Å². The van der Waals surface area contributed by atoms with Gasteiger partial charge in [0.1, 0.15) is 17.3 Å². The lowest BCUT2D eigenvalue weighted by molar-refractivity contribution is -0.115. The molecule has 1 heterocycles. The number of nitrogens with one attached hydrogen (secondary N) is 1. The Kier molecular flexibility index (Phi) is 4.07. The lowest BCUT2D eigenvalue weighted by Crippen LogP contribution is -2.42. The summed E-state index contributed by atoms with van der Waals surface area (Å²) in [4.78, 5) is 11.2. The molecule has 1 aliphatic heterocycles. The molecule has 5 nitrogen and oxygen atoms in total. The van der Waals surface area contributed by atoms with Crippen molar-refractivity contribution in [2.24, 2.45) is 0 Å². The number of amides is 1. The number of benzene rings is 2. The number of sulfonamides is 1. The Labute approximate surface area is 145 Å². The average molecular weight is 420 g/mol. The lowest BCUT2D eigenvalue weighted by atomic mass is 10.2. The van der Waals surface area contributed by atoms with Crippen molar-refractivity contribution < 1.29 is 17.6 Å². The van der Waals surface area contributed by atoms with Crippen molar-refractivity contribution in [1.82, 2.24) is 0 Å². The van der Waals surface area contributed by atoms with Gasteiger partial charge in [-0.3, -0.25) is 9.10 Å². The second-order valence-electron chi connectivity index (χ2n) is 4.77. The Morgan fingerprint density at radius 1 is 1.26 bits per heavy atom. The molecular weight excluding hydrogens is 411 g/mol. The van der Waals surface area contributed by atoms with Crippen LogP contribution in [-0.2, 0) is 14.8 Å². The molecule has 1 aliphatic rings. The number of fused-ring (bicyclic) bond motifs is 1. The van der Waals surface area contributed by atoms with Gasteiger partial charge < -0.3 is 5.32 Å². The highest BCUT2D eigenvalue weighted by Crippen LogP contribution is 2.35. The highest BCUT2D eigenvalue weighted by Gasteiger charge is 2.34. The number of carbonyl (C=O) groups excluding carboxylic acids is 1. The van der Waals surface area contributed by atoms with Crippen molar-refractivity contribution >= 4 is 54.8 Å². The van der Waals surface area contributed by atoms with Crippen molar-refractivity contribution in [3.63, 3.8) is 0 Å².